The molecule has 12 heteroatoms. The molecule has 2 aromatic carbocycles. The molecule has 0 aliphatic carbocycles. The number of likely N-dealkylation sites (tertiary alicyclic amines) is 1. The highest BCUT2D eigenvalue weighted by atomic mass is 32.1. The van der Waals surface area contributed by atoms with Gasteiger partial charge in [-0.15, -0.1) is 11.3 Å². The summed E-state index contributed by atoms with van der Waals surface area (Å²) < 4.78 is 38.9. The molecule has 42 heavy (non-hydrogen) atoms. The quantitative estimate of drug-likeness (QED) is 0.204. The number of benzene rings is 2. The molecule has 2 amide bonds. The van der Waals surface area contributed by atoms with Crippen molar-refractivity contribution < 1.29 is 32.7 Å². The lowest BCUT2D eigenvalue weighted by Gasteiger charge is -2.35. The van der Waals surface area contributed by atoms with Crippen molar-refractivity contribution in [3.05, 3.63) is 93.4 Å². The van der Waals surface area contributed by atoms with Crippen molar-refractivity contribution in [1.29, 1.82) is 0 Å². The van der Waals surface area contributed by atoms with Gasteiger partial charge in [-0.3, -0.25) is 14.2 Å². The summed E-state index contributed by atoms with van der Waals surface area (Å²) >= 11 is 1.54. The second kappa shape index (κ2) is 12.6. The minimum absolute atomic E-state index is 0.172. The van der Waals surface area contributed by atoms with Crippen molar-refractivity contribution in [2.24, 2.45) is 5.41 Å². The largest absolute Gasteiger partial charge is 0.399 e. The zero-order valence-corrected chi connectivity index (χ0v) is 25.2. The van der Waals surface area contributed by atoms with Gasteiger partial charge in [-0.25, -0.2) is 4.98 Å². The highest BCUT2D eigenvalue weighted by molar-refractivity contribution is 7.52. The summed E-state index contributed by atoms with van der Waals surface area (Å²) in [5, 5.41) is 5.71. The van der Waals surface area contributed by atoms with Crippen molar-refractivity contribution in [3.8, 4) is 0 Å². The lowest BCUT2D eigenvalue weighted by Crippen LogP contribution is -2.54. The summed E-state index contributed by atoms with van der Waals surface area (Å²) in [6.45, 7) is 6.16. The number of hydrogen-bond acceptors (Lipinski definition) is 5. The maximum atomic E-state index is 13.9. The number of amides is 2. The Balaban J connectivity index is 1.44. The van der Waals surface area contributed by atoms with Crippen LogP contribution in [0.15, 0.2) is 66.1 Å². The fourth-order valence-electron chi connectivity index (χ4n) is 4.79. The van der Waals surface area contributed by atoms with E-state index in [0.29, 0.717) is 18.5 Å². The molecular weight excluding hydrogens is 583 g/mol. The number of aromatic nitrogens is 1. The van der Waals surface area contributed by atoms with E-state index in [1.807, 2.05) is 44.4 Å². The fourth-order valence-corrected chi connectivity index (χ4v) is 6.24. The number of carbonyl (C=O) groups is 2. The zero-order valence-electron chi connectivity index (χ0n) is 23.5. The van der Waals surface area contributed by atoms with Crippen LogP contribution in [0.4, 0.5) is 8.78 Å². The predicted molar refractivity (Wildman–Crippen MR) is 158 cm³/mol. The Morgan fingerprint density at radius 3 is 2.43 bits per heavy atom. The van der Waals surface area contributed by atoms with E-state index in [9.17, 15) is 22.9 Å². The molecule has 0 spiro atoms. The number of hydrogen-bond donors (Lipinski definition) is 3. The van der Waals surface area contributed by atoms with Crippen molar-refractivity contribution in [2.45, 2.75) is 57.8 Å². The lowest BCUT2D eigenvalue weighted by atomic mass is 9.85. The van der Waals surface area contributed by atoms with Crippen LogP contribution in [0.3, 0.4) is 0 Å². The van der Waals surface area contributed by atoms with Crippen molar-refractivity contribution in [3.63, 3.8) is 0 Å². The lowest BCUT2D eigenvalue weighted by molar-refractivity contribution is -0.139. The van der Waals surface area contributed by atoms with E-state index in [1.165, 1.54) is 35.6 Å². The number of halogens is 2. The Bertz CT molecular complexity index is 1480. The summed E-state index contributed by atoms with van der Waals surface area (Å²) in [7, 11) is -5.68. The first-order valence-electron chi connectivity index (χ1n) is 13.5. The summed E-state index contributed by atoms with van der Waals surface area (Å²) in [6, 6.07) is 13.3. The van der Waals surface area contributed by atoms with Crippen LogP contribution >= 0.6 is 18.9 Å². The summed E-state index contributed by atoms with van der Waals surface area (Å²) in [6.07, 6.45) is 4.89. The number of nitrogens with one attached hydrogen (secondary N) is 1. The molecule has 0 saturated carbocycles. The van der Waals surface area contributed by atoms with Crippen molar-refractivity contribution in [2.75, 3.05) is 6.54 Å². The Kier molecular flexibility index (Phi) is 9.47. The number of rotatable bonds is 9. The van der Waals surface area contributed by atoms with Crippen LogP contribution in [-0.4, -0.2) is 44.1 Å². The first kappa shape index (κ1) is 31.7. The molecule has 3 N–H and O–H groups in total. The Morgan fingerprint density at radius 1 is 1.14 bits per heavy atom. The minimum atomic E-state index is -5.68. The summed E-state index contributed by atoms with van der Waals surface area (Å²) in [5.41, 5.74) is -3.28. The average molecular weight is 618 g/mol. The predicted octanol–water partition coefficient (Wildman–Crippen LogP) is 5.87. The third-order valence-corrected chi connectivity index (χ3v) is 9.05. The summed E-state index contributed by atoms with van der Waals surface area (Å²) in [4.78, 5) is 51.2. The van der Waals surface area contributed by atoms with Crippen molar-refractivity contribution >= 4 is 36.8 Å². The molecule has 2 heterocycles. The SMILES string of the molecule is CC(C)(C)C(NC(=O)/C=C/c1ccc(C(F)(F)P(=O)(O)O)cc1)C(=O)N1CCC[C@H]1c1nc(Cc2ccccc2)cs1. The second-order valence-electron chi connectivity index (χ2n) is 11.4. The molecule has 1 fully saturated rings. The van der Waals surface area contributed by atoms with E-state index in [4.69, 9.17) is 14.8 Å². The second-order valence-corrected chi connectivity index (χ2v) is 13.9. The van der Waals surface area contributed by atoms with Gasteiger partial charge < -0.3 is 20.0 Å². The van der Waals surface area contributed by atoms with Crippen LogP contribution in [0, 0.1) is 5.41 Å². The molecule has 8 nitrogen and oxygen atoms in total. The zero-order chi connectivity index (χ0) is 30.7. The number of thiazole rings is 1. The molecule has 3 aromatic rings. The molecule has 224 valence electrons. The van der Waals surface area contributed by atoms with Gasteiger partial charge >= 0.3 is 13.3 Å². The van der Waals surface area contributed by atoms with E-state index < -0.39 is 36.2 Å². The minimum Gasteiger partial charge on any atom is -0.340 e. The topological polar surface area (TPSA) is 120 Å². The Hall–Kier alpha value is -3.24. The van der Waals surface area contributed by atoms with Gasteiger partial charge in [0.15, 0.2) is 0 Å². The first-order chi connectivity index (χ1) is 19.7. The number of nitrogens with zero attached hydrogens (tertiary/aromatic N) is 2. The molecule has 4 rings (SSSR count). The van der Waals surface area contributed by atoms with E-state index in [0.717, 1.165) is 41.2 Å². The normalized spacial score (nSPS) is 17.0. The smallest absolute Gasteiger partial charge is 0.340 e. The van der Waals surface area contributed by atoms with Gasteiger partial charge in [-0.2, -0.15) is 8.78 Å². The Morgan fingerprint density at radius 2 is 1.81 bits per heavy atom. The van der Waals surface area contributed by atoms with E-state index >= 15 is 0 Å². The molecular formula is C30H34F2N3O5PS. The average Bonchev–Trinajstić information content (AvgIpc) is 3.59. The maximum Gasteiger partial charge on any atom is 0.399 e. The van der Waals surface area contributed by atoms with E-state index in [2.05, 4.69) is 17.4 Å². The highest BCUT2D eigenvalue weighted by Gasteiger charge is 2.50. The number of carbonyl (C=O) groups excluding carboxylic acids is 2. The van der Waals surface area contributed by atoms with Gasteiger partial charge in [-0.1, -0.05) is 75.4 Å². The van der Waals surface area contributed by atoms with Gasteiger partial charge in [0.2, 0.25) is 11.8 Å². The Labute approximate surface area is 247 Å². The maximum absolute atomic E-state index is 13.9. The summed E-state index contributed by atoms with van der Waals surface area (Å²) in [5.74, 6) is -0.737. The highest BCUT2D eigenvalue weighted by Crippen LogP contribution is 2.59. The van der Waals surface area contributed by atoms with Crippen LogP contribution < -0.4 is 5.32 Å². The standard InChI is InChI=1S/C30H34F2N3O5PS/c1-29(2,3)26(34-25(36)16-13-20-11-14-22(15-12-20)30(31,32)41(38,39)40)28(37)35-17-7-10-24(35)27-33-23(19-42-27)18-21-8-5-4-6-9-21/h4-6,8-9,11-16,19,24,26H,7,10,17-18H2,1-3H3,(H,34,36)(H2,38,39,40)/b16-13+/t24-,26?/m0/s1. The van der Waals surface area contributed by atoms with E-state index in [-0.39, 0.29) is 11.9 Å². The molecule has 1 saturated heterocycles. The van der Waals surface area contributed by atoms with Gasteiger partial charge in [0.25, 0.3) is 0 Å². The van der Waals surface area contributed by atoms with Gasteiger partial charge in [-0.05, 0) is 35.5 Å². The third-order valence-electron chi connectivity index (χ3n) is 7.07. The third kappa shape index (κ3) is 7.39. The van der Waals surface area contributed by atoms with Crippen molar-refractivity contribution in [1.82, 2.24) is 15.2 Å². The molecule has 1 aliphatic rings. The first-order valence-corrected chi connectivity index (χ1v) is 16.0. The van der Waals surface area contributed by atoms with Gasteiger partial charge in [0.05, 0.1) is 11.7 Å². The van der Waals surface area contributed by atoms with Crippen LogP contribution in [0.1, 0.15) is 67.0 Å². The fraction of sp³-hybridized carbons (Fsp3) is 0.367. The van der Waals surface area contributed by atoms with E-state index in [1.54, 1.807) is 4.90 Å². The molecule has 2 atom stereocenters. The molecule has 1 aromatic heterocycles. The molecule has 0 radical (unpaired) electrons. The van der Waals surface area contributed by atoms with Gasteiger partial charge in [0, 0.05) is 30.0 Å². The van der Waals surface area contributed by atoms with Crippen LogP contribution in [0.2, 0.25) is 0 Å². The number of alkyl halides is 2. The molecule has 0 bridgehead atoms. The molecule has 1 unspecified atom stereocenters. The van der Waals surface area contributed by atoms with Gasteiger partial charge in [0.1, 0.15) is 11.0 Å². The van der Waals surface area contributed by atoms with Crippen LogP contribution in [-0.2, 0) is 26.2 Å². The van der Waals surface area contributed by atoms with Crippen LogP contribution in [0.5, 0.6) is 0 Å². The monoisotopic (exact) mass is 617 g/mol. The van der Waals surface area contributed by atoms with Crippen LogP contribution in [0.25, 0.3) is 6.08 Å². The molecule has 1 aliphatic heterocycles.